The molecule has 44 heavy (non-hydrogen) atoms. The predicted octanol–water partition coefficient (Wildman–Crippen LogP) is 6.61. The zero-order chi connectivity index (χ0) is 31.6. The number of carbonyl (C=O) groups is 1. The molecule has 2 heterocycles. The fraction of sp³-hybridized carbons (Fsp3) is 0.344. The van der Waals surface area contributed by atoms with E-state index in [0.717, 1.165) is 40.8 Å². The number of piperazine rings is 1. The number of para-hydroxylation sites is 1. The van der Waals surface area contributed by atoms with Crippen LogP contribution in [0, 0.1) is 13.8 Å². The molecule has 232 valence electrons. The lowest BCUT2D eigenvalue weighted by Crippen LogP contribution is -2.51. The first-order valence-corrected chi connectivity index (χ1v) is 17.7. The van der Waals surface area contributed by atoms with E-state index in [4.69, 9.17) is 23.2 Å². The van der Waals surface area contributed by atoms with Gasteiger partial charge in [-0.1, -0.05) is 84.7 Å². The van der Waals surface area contributed by atoms with Gasteiger partial charge in [0.2, 0.25) is 15.9 Å². The Morgan fingerprint density at radius 1 is 0.909 bits per heavy atom. The Labute approximate surface area is 273 Å². The minimum atomic E-state index is -3.64. The van der Waals surface area contributed by atoms with Gasteiger partial charge in [0.25, 0.3) is 0 Å². The number of hydrogen-bond acceptors (Lipinski definition) is 6. The second-order valence-electron chi connectivity index (χ2n) is 10.7. The second kappa shape index (κ2) is 13.6. The van der Waals surface area contributed by atoms with Gasteiger partial charge in [0.15, 0.2) is 11.0 Å². The first kappa shape index (κ1) is 32.5. The average molecular weight is 673 g/mol. The summed E-state index contributed by atoms with van der Waals surface area (Å²) in [6, 6.07) is 16.9. The van der Waals surface area contributed by atoms with E-state index in [1.54, 1.807) is 23.1 Å². The molecular formula is C32H35Cl2N5O3S2. The van der Waals surface area contributed by atoms with Crippen LogP contribution >= 0.6 is 35.0 Å². The number of rotatable bonds is 9. The standard InChI is InChI=1S/C32H35Cl2N5O3S2/c1-5-23-8-7-9-24(6-2)30(23)39-31(26-12-11-25(33)19-27(26)34)35-36-32(39)43-20-29(40)37-14-16-38(17-15-37)44(41,42)28-13-10-21(3)18-22(28)4/h7-13,18-19H,5-6,14-17,20H2,1-4H3. The number of aromatic nitrogens is 3. The molecule has 0 radical (unpaired) electrons. The van der Waals surface area contributed by atoms with Crippen molar-refractivity contribution in [2.45, 2.75) is 50.6 Å². The zero-order valence-corrected chi connectivity index (χ0v) is 28.3. The number of nitrogens with zero attached hydrogens (tertiary/aromatic N) is 5. The van der Waals surface area contributed by atoms with E-state index < -0.39 is 10.0 Å². The average Bonchev–Trinajstić information content (AvgIpc) is 3.42. The molecule has 12 heteroatoms. The van der Waals surface area contributed by atoms with Crippen LogP contribution in [0.3, 0.4) is 0 Å². The zero-order valence-electron chi connectivity index (χ0n) is 25.2. The van der Waals surface area contributed by atoms with Crippen LogP contribution in [0.1, 0.15) is 36.1 Å². The van der Waals surface area contributed by atoms with Crippen LogP contribution in [0.2, 0.25) is 10.0 Å². The number of hydrogen-bond donors (Lipinski definition) is 0. The van der Waals surface area contributed by atoms with Crippen molar-refractivity contribution >= 4 is 50.9 Å². The summed E-state index contributed by atoms with van der Waals surface area (Å²) in [4.78, 5) is 15.4. The molecule has 0 bridgehead atoms. The van der Waals surface area contributed by atoms with Gasteiger partial charge < -0.3 is 4.90 Å². The van der Waals surface area contributed by atoms with Gasteiger partial charge in [-0.05, 0) is 67.6 Å². The van der Waals surface area contributed by atoms with E-state index in [1.807, 2.05) is 36.6 Å². The molecule has 1 fully saturated rings. The summed E-state index contributed by atoms with van der Waals surface area (Å²) < 4.78 is 30.1. The summed E-state index contributed by atoms with van der Waals surface area (Å²) >= 11 is 14.1. The van der Waals surface area contributed by atoms with Crippen LogP contribution in [0.5, 0.6) is 0 Å². The van der Waals surface area contributed by atoms with Crippen LogP contribution < -0.4 is 0 Å². The molecule has 1 saturated heterocycles. The van der Waals surface area contributed by atoms with Crippen LogP contribution in [0.4, 0.5) is 0 Å². The van der Waals surface area contributed by atoms with Crippen LogP contribution in [-0.2, 0) is 27.7 Å². The molecule has 3 aromatic carbocycles. The van der Waals surface area contributed by atoms with Crippen molar-refractivity contribution in [2.24, 2.45) is 0 Å². The van der Waals surface area contributed by atoms with Gasteiger partial charge in [0.05, 0.1) is 21.4 Å². The third-order valence-electron chi connectivity index (χ3n) is 7.86. The minimum Gasteiger partial charge on any atom is -0.339 e. The lowest BCUT2D eigenvalue weighted by Gasteiger charge is -2.34. The topological polar surface area (TPSA) is 88.4 Å². The summed E-state index contributed by atoms with van der Waals surface area (Å²) in [6.45, 7) is 9.08. The number of halogens is 2. The third-order valence-corrected chi connectivity index (χ3v) is 11.4. The van der Waals surface area contributed by atoms with E-state index in [0.29, 0.717) is 44.6 Å². The maximum atomic E-state index is 13.4. The normalized spacial score (nSPS) is 14.3. The number of sulfonamides is 1. The molecule has 0 unspecified atom stereocenters. The summed E-state index contributed by atoms with van der Waals surface area (Å²) in [5, 5.41) is 10.6. The molecule has 0 aliphatic carbocycles. The Hall–Kier alpha value is -2.89. The molecule has 1 amide bonds. The summed E-state index contributed by atoms with van der Waals surface area (Å²) in [6.07, 6.45) is 1.60. The molecular weight excluding hydrogens is 637 g/mol. The number of carbonyl (C=O) groups excluding carboxylic acids is 1. The maximum Gasteiger partial charge on any atom is 0.243 e. The highest BCUT2D eigenvalue weighted by molar-refractivity contribution is 7.99. The molecule has 1 aliphatic rings. The first-order valence-electron chi connectivity index (χ1n) is 14.5. The molecule has 0 saturated carbocycles. The van der Waals surface area contributed by atoms with Gasteiger partial charge in [-0.3, -0.25) is 9.36 Å². The van der Waals surface area contributed by atoms with E-state index in [-0.39, 0.29) is 24.7 Å². The van der Waals surface area contributed by atoms with Gasteiger partial charge >= 0.3 is 0 Å². The fourth-order valence-corrected chi connectivity index (χ4v) is 8.50. The van der Waals surface area contributed by atoms with Crippen molar-refractivity contribution in [3.8, 4) is 17.1 Å². The van der Waals surface area contributed by atoms with E-state index >= 15 is 0 Å². The quantitative estimate of drug-likeness (QED) is 0.186. The highest BCUT2D eigenvalue weighted by atomic mass is 35.5. The Balaban J connectivity index is 1.37. The number of amides is 1. The minimum absolute atomic E-state index is 0.0846. The van der Waals surface area contributed by atoms with E-state index in [1.165, 1.54) is 16.1 Å². The summed E-state index contributed by atoms with van der Waals surface area (Å²) in [5.74, 6) is 0.618. The van der Waals surface area contributed by atoms with Crippen LogP contribution in [0.15, 0.2) is 64.6 Å². The van der Waals surface area contributed by atoms with E-state index in [9.17, 15) is 13.2 Å². The Morgan fingerprint density at radius 3 is 2.20 bits per heavy atom. The Bertz CT molecular complexity index is 1780. The van der Waals surface area contributed by atoms with E-state index in [2.05, 4.69) is 42.2 Å². The second-order valence-corrected chi connectivity index (χ2v) is 14.4. The van der Waals surface area contributed by atoms with Crippen molar-refractivity contribution in [2.75, 3.05) is 31.9 Å². The van der Waals surface area contributed by atoms with Gasteiger partial charge in [-0.2, -0.15) is 4.31 Å². The van der Waals surface area contributed by atoms with Gasteiger partial charge in [0, 0.05) is 36.8 Å². The van der Waals surface area contributed by atoms with Crippen molar-refractivity contribution < 1.29 is 13.2 Å². The Morgan fingerprint density at radius 2 is 1.59 bits per heavy atom. The molecule has 8 nitrogen and oxygen atoms in total. The van der Waals surface area contributed by atoms with Crippen molar-refractivity contribution in [1.82, 2.24) is 24.0 Å². The monoisotopic (exact) mass is 671 g/mol. The smallest absolute Gasteiger partial charge is 0.243 e. The van der Waals surface area contributed by atoms with Crippen LogP contribution in [-0.4, -0.2) is 70.2 Å². The SMILES string of the molecule is CCc1cccc(CC)c1-n1c(SCC(=O)N2CCN(S(=O)(=O)c3ccc(C)cc3C)CC2)nnc1-c1ccc(Cl)cc1Cl. The third kappa shape index (κ3) is 6.55. The largest absolute Gasteiger partial charge is 0.339 e. The number of thioether (sulfide) groups is 1. The van der Waals surface area contributed by atoms with Crippen molar-refractivity contribution in [3.05, 3.63) is 86.9 Å². The number of aryl methyl sites for hydroxylation is 4. The lowest BCUT2D eigenvalue weighted by atomic mass is 10.0. The van der Waals surface area contributed by atoms with Crippen molar-refractivity contribution in [3.63, 3.8) is 0 Å². The molecule has 0 spiro atoms. The number of benzene rings is 3. The molecule has 0 atom stereocenters. The predicted molar refractivity (Wildman–Crippen MR) is 178 cm³/mol. The molecule has 1 aliphatic heterocycles. The first-order chi connectivity index (χ1) is 21.0. The van der Waals surface area contributed by atoms with Crippen LogP contribution in [0.25, 0.3) is 17.1 Å². The van der Waals surface area contributed by atoms with Gasteiger partial charge in [-0.15, -0.1) is 10.2 Å². The molecule has 1 aromatic heterocycles. The molecule has 0 N–H and O–H groups in total. The highest BCUT2D eigenvalue weighted by Gasteiger charge is 2.31. The summed E-state index contributed by atoms with van der Waals surface area (Å²) in [7, 11) is -3.64. The van der Waals surface area contributed by atoms with Gasteiger partial charge in [0.1, 0.15) is 0 Å². The lowest BCUT2D eigenvalue weighted by molar-refractivity contribution is -0.129. The van der Waals surface area contributed by atoms with Gasteiger partial charge in [-0.25, -0.2) is 8.42 Å². The summed E-state index contributed by atoms with van der Waals surface area (Å²) in [5.41, 5.74) is 5.67. The fourth-order valence-electron chi connectivity index (χ4n) is 5.54. The Kier molecular flexibility index (Phi) is 10.1. The molecule has 5 rings (SSSR count). The maximum absolute atomic E-state index is 13.4. The molecule has 4 aromatic rings. The highest BCUT2D eigenvalue weighted by Crippen LogP contribution is 2.36. The van der Waals surface area contributed by atoms with Crippen molar-refractivity contribution in [1.29, 1.82) is 0 Å².